The fraction of sp³-hybridized carbons (Fsp3) is 0.385. The smallest absolute Gasteiger partial charge is 0.325 e. The third-order valence-corrected chi connectivity index (χ3v) is 3.22. The first kappa shape index (κ1) is 15.2. The number of esters is 1. The Balaban J connectivity index is 2.80. The molecule has 0 aromatic carbocycles. The Hall–Kier alpha value is -1.84. The summed E-state index contributed by atoms with van der Waals surface area (Å²) in [6.07, 6.45) is 0. The number of amides is 1. The average Bonchev–Trinajstić information content (AvgIpc) is 2.90. The van der Waals surface area contributed by atoms with Crippen molar-refractivity contribution >= 4 is 23.2 Å². The van der Waals surface area contributed by atoms with Gasteiger partial charge in [-0.2, -0.15) is 0 Å². The summed E-state index contributed by atoms with van der Waals surface area (Å²) < 4.78 is 4.56. The first-order valence-corrected chi connectivity index (χ1v) is 6.63. The van der Waals surface area contributed by atoms with Gasteiger partial charge in [-0.25, -0.2) is 0 Å². The molecule has 102 valence electrons. The molecule has 0 aliphatic rings. The quantitative estimate of drug-likeness (QED) is 0.650. The highest BCUT2D eigenvalue weighted by molar-refractivity contribution is 7.10. The molecule has 0 atom stereocenters. The molecule has 1 aromatic heterocycles. The minimum Gasteiger partial charge on any atom is -0.468 e. The molecule has 1 amide bonds. The van der Waals surface area contributed by atoms with Gasteiger partial charge < -0.3 is 15.4 Å². The summed E-state index contributed by atoms with van der Waals surface area (Å²) in [6.45, 7) is 2.48. The first-order valence-electron chi connectivity index (χ1n) is 5.75. The van der Waals surface area contributed by atoms with E-state index in [0.717, 1.165) is 4.88 Å². The zero-order chi connectivity index (χ0) is 14.3. The summed E-state index contributed by atoms with van der Waals surface area (Å²) in [5.74, 6) is 4.96. The molecule has 0 aliphatic carbocycles. The number of nitrogens with zero attached hydrogens (tertiary/aromatic N) is 1. The van der Waals surface area contributed by atoms with Crippen LogP contribution in [0.3, 0.4) is 0 Å². The first-order chi connectivity index (χ1) is 9.12. The number of methoxy groups -OCH3 is 1. The summed E-state index contributed by atoms with van der Waals surface area (Å²) in [4.78, 5) is 25.6. The fourth-order valence-electron chi connectivity index (χ4n) is 1.38. The number of hydrogen-bond donors (Lipinski definition) is 1. The zero-order valence-corrected chi connectivity index (χ0v) is 11.8. The molecule has 0 saturated heterocycles. The second kappa shape index (κ2) is 7.56. The second-order valence-electron chi connectivity index (χ2n) is 3.60. The third kappa shape index (κ3) is 4.39. The van der Waals surface area contributed by atoms with Crippen molar-refractivity contribution in [1.82, 2.24) is 4.90 Å². The lowest BCUT2D eigenvalue weighted by atomic mass is 10.2. The molecule has 0 spiro atoms. The maximum Gasteiger partial charge on any atom is 0.325 e. The Kier molecular flexibility index (Phi) is 6.06. The summed E-state index contributed by atoms with van der Waals surface area (Å²) in [7, 11) is 1.30. The summed E-state index contributed by atoms with van der Waals surface area (Å²) >= 11 is 1.38. The number of ether oxygens (including phenoxy) is 1. The van der Waals surface area contributed by atoms with Crippen LogP contribution in [0.2, 0.25) is 0 Å². The lowest BCUT2D eigenvalue weighted by Crippen LogP contribution is -2.35. The van der Waals surface area contributed by atoms with Gasteiger partial charge in [0, 0.05) is 11.9 Å². The highest BCUT2D eigenvalue weighted by atomic mass is 32.1. The van der Waals surface area contributed by atoms with Gasteiger partial charge in [-0.1, -0.05) is 11.8 Å². The van der Waals surface area contributed by atoms with E-state index in [1.165, 1.54) is 23.3 Å². The molecular formula is C13H16N2O3S. The molecular weight excluding hydrogens is 264 g/mol. The van der Waals surface area contributed by atoms with E-state index in [1.807, 2.05) is 6.92 Å². The maximum atomic E-state index is 12.2. The molecule has 5 nitrogen and oxygen atoms in total. The van der Waals surface area contributed by atoms with Gasteiger partial charge in [0.15, 0.2) is 0 Å². The molecule has 0 aliphatic heterocycles. The zero-order valence-electron chi connectivity index (χ0n) is 10.9. The van der Waals surface area contributed by atoms with E-state index >= 15 is 0 Å². The summed E-state index contributed by atoms with van der Waals surface area (Å²) in [6, 6.07) is 1.70. The Morgan fingerprint density at radius 1 is 1.53 bits per heavy atom. The van der Waals surface area contributed by atoms with Crippen LogP contribution in [0, 0.1) is 11.8 Å². The Labute approximate surface area is 116 Å². The average molecular weight is 280 g/mol. The molecule has 6 heteroatoms. The van der Waals surface area contributed by atoms with Crippen molar-refractivity contribution in [2.24, 2.45) is 5.73 Å². The van der Waals surface area contributed by atoms with Crippen molar-refractivity contribution in [2.45, 2.75) is 6.92 Å². The van der Waals surface area contributed by atoms with Crippen LogP contribution >= 0.6 is 11.3 Å². The Bertz CT molecular complexity index is 513. The van der Waals surface area contributed by atoms with Crippen LogP contribution in [0.5, 0.6) is 0 Å². The van der Waals surface area contributed by atoms with Gasteiger partial charge in [0.05, 0.1) is 24.1 Å². The van der Waals surface area contributed by atoms with Gasteiger partial charge in [-0.05, 0) is 13.0 Å². The van der Waals surface area contributed by atoms with Gasteiger partial charge in [-0.3, -0.25) is 9.59 Å². The normalized spacial score (nSPS) is 9.42. The van der Waals surface area contributed by atoms with Crippen molar-refractivity contribution < 1.29 is 14.3 Å². The van der Waals surface area contributed by atoms with Gasteiger partial charge in [0.2, 0.25) is 0 Å². The van der Waals surface area contributed by atoms with Crippen LogP contribution in [0.1, 0.15) is 22.2 Å². The monoisotopic (exact) mass is 280 g/mol. The number of rotatable bonds is 4. The molecule has 2 N–H and O–H groups in total. The number of carbonyl (C=O) groups is 2. The van der Waals surface area contributed by atoms with E-state index in [1.54, 1.807) is 11.4 Å². The van der Waals surface area contributed by atoms with Crippen LogP contribution < -0.4 is 5.73 Å². The standard InChI is InChI=1S/C13H16N2O3S/c1-3-15(8-12(16)18-2)13(17)10-7-11(19-9-10)5-4-6-14/h7,9H,3,6,8,14H2,1-2H3. The predicted molar refractivity (Wildman–Crippen MR) is 73.8 cm³/mol. The topological polar surface area (TPSA) is 72.6 Å². The molecule has 19 heavy (non-hydrogen) atoms. The largest absolute Gasteiger partial charge is 0.468 e. The minimum absolute atomic E-state index is 0.0501. The number of thiophene rings is 1. The molecule has 0 saturated carbocycles. The van der Waals surface area contributed by atoms with E-state index in [4.69, 9.17) is 5.73 Å². The van der Waals surface area contributed by atoms with E-state index in [2.05, 4.69) is 16.6 Å². The molecule has 1 heterocycles. The van der Waals surface area contributed by atoms with E-state index in [9.17, 15) is 9.59 Å². The Morgan fingerprint density at radius 3 is 2.84 bits per heavy atom. The van der Waals surface area contributed by atoms with Crippen molar-refractivity contribution in [3.8, 4) is 11.8 Å². The van der Waals surface area contributed by atoms with Gasteiger partial charge in [-0.15, -0.1) is 11.3 Å². The fourth-order valence-corrected chi connectivity index (χ4v) is 2.13. The van der Waals surface area contributed by atoms with Crippen LogP contribution in [0.15, 0.2) is 11.4 Å². The van der Waals surface area contributed by atoms with Crippen LogP contribution in [-0.4, -0.2) is 43.5 Å². The van der Waals surface area contributed by atoms with Crippen molar-refractivity contribution in [2.75, 3.05) is 26.7 Å². The lowest BCUT2D eigenvalue weighted by molar-refractivity contribution is -0.141. The maximum absolute atomic E-state index is 12.2. The molecule has 1 rings (SSSR count). The number of nitrogens with two attached hydrogens (primary N) is 1. The van der Waals surface area contributed by atoms with Crippen molar-refractivity contribution in [1.29, 1.82) is 0 Å². The molecule has 0 unspecified atom stereocenters. The SMILES string of the molecule is CCN(CC(=O)OC)C(=O)c1csc(C#CCN)c1. The third-order valence-electron chi connectivity index (χ3n) is 2.38. The van der Waals surface area contributed by atoms with Gasteiger partial charge in [0.25, 0.3) is 5.91 Å². The number of hydrogen-bond acceptors (Lipinski definition) is 5. The highest BCUT2D eigenvalue weighted by Gasteiger charge is 2.18. The minimum atomic E-state index is -0.437. The second-order valence-corrected chi connectivity index (χ2v) is 4.51. The summed E-state index contributed by atoms with van der Waals surface area (Å²) in [5.41, 5.74) is 5.81. The van der Waals surface area contributed by atoms with Crippen LogP contribution in [-0.2, 0) is 9.53 Å². The molecule has 0 bridgehead atoms. The summed E-state index contributed by atoms with van der Waals surface area (Å²) in [5, 5.41) is 1.73. The Morgan fingerprint density at radius 2 is 2.26 bits per heavy atom. The lowest BCUT2D eigenvalue weighted by Gasteiger charge is -2.18. The van der Waals surface area contributed by atoms with E-state index in [0.29, 0.717) is 12.1 Å². The van der Waals surface area contributed by atoms with Crippen molar-refractivity contribution in [3.63, 3.8) is 0 Å². The van der Waals surface area contributed by atoms with E-state index < -0.39 is 5.97 Å². The van der Waals surface area contributed by atoms with Gasteiger partial charge >= 0.3 is 5.97 Å². The highest BCUT2D eigenvalue weighted by Crippen LogP contribution is 2.15. The molecule has 0 fully saturated rings. The van der Waals surface area contributed by atoms with Crippen molar-refractivity contribution in [3.05, 3.63) is 21.9 Å². The predicted octanol–water partition coefficient (Wildman–Crippen LogP) is 0.693. The molecule has 0 radical (unpaired) electrons. The van der Waals surface area contributed by atoms with Gasteiger partial charge in [0.1, 0.15) is 6.54 Å². The van der Waals surface area contributed by atoms with E-state index in [-0.39, 0.29) is 19.0 Å². The molecule has 1 aromatic rings. The van der Waals surface area contributed by atoms with Crippen LogP contribution in [0.25, 0.3) is 0 Å². The number of carbonyl (C=O) groups excluding carboxylic acids is 2. The van der Waals surface area contributed by atoms with Crippen LogP contribution in [0.4, 0.5) is 0 Å². The number of likely N-dealkylation sites (N-methyl/N-ethyl adjacent to an activating group) is 1.